The van der Waals surface area contributed by atoms with E-state index in [1.165, 1.54) is 64.0 Å². The Kier molecular flexibility index (Phi) is 4.34. The Labute approximate surface area is 138 Å². The molecule has 1 saturated carbocycles. The highest BCUT2D eigenvalue weighted by molar-refractivity contribution is 5.71. The van der Waals surface area contributed by atoms with Gasteiger partial charge in [-0.25, -0.2) is 9.97 Å². The predicted octanol–water partition coefficient (Wildman–Crippen LogP) is 3.82. The highest BCUT2D eigenvalue weighted by Crippen LogP contribution is 2.34. The van der Waals surface area contributed by atoms with Crippen molar-refractivity contribution < 1.29 is 0 Å². The minimum atomic E-state index is 0.621. The minimum Gasteiger partial charge on any atom is -0.310 e. The highest BCUT2D eigenvalue weighted by Gasteiger charge is 2.26. The van der Waals surface area contributed by atoms with Gasteiger partial charge in [0.15, 0.2) is 5.65 Å². The van der Waals surface area contributed by atoms with Crippen molar-refractivity contribution in [1.29, 1.82) is 0 Å². The van der Waals surface area contributed by atoms with Crippen LogP contribution in [0.5, 0.6) is 0 Å². The fourth-order valence-corrected chi connectivity index (χ4v) is 4.53. The van der Waals surface area contributed by atoms with Gasteiger partial charge < -0.3 is 9.47 Å². The lowest BCUT2D eigenvalue weighted by molar-refractivity contribution is 0.179. The first-order valence-corrected chi connectivity index (χ1v) is 9.39. The number of likely N-dealkylation sites (tertiary alicyclic amines) is 1. The smallest absolute Gasteiger partial charge is 0.160 e. The van der Waals surface area contributed by atoms with Crippen molar-refractivity contribution in [1.82, 2.24) is 19.4 Å². The summed E-state index contributed by atoms with van der Waals surface area (Å²) >= 11 is 0. The van der Waals surface area contributed by atoms with Gasteiger partial charge in [-0.1, -0.05) is 19.8 Å². The van der Waals surface area contributed by atoms with Gasteiger partial charge in [-0.15, -0.1) is 0 Å². The molecule has 2 aromatic heterocycles. The number of aromatic nitrogens is 3. The van der Waals surface area contributed by atoms with E-state index in [0.29, 0.717) is 6.04 Å². The number of hydrogen-bond donors (Lipinski definition) is 0. The first-order chi connectivity index (χ1) is 11.3. The third-order valence-electron chi connectivity index (χ3n) is 5.73. The molecule has 2 aliphatic rings. The predicted molar refractivity (Wildman–Crippen MR) is 93.6 cm³/mol. The Morgan fingerprint density at radius 3 is 2.87 bits per heavy atom. The van der Waals surface area contributed by atoms with E-state index in [2.05, 4.69) is 27.4 Å². The van der Waals surface area contributed by atoms with Crippen molar-refractivity contribution >= 4 is 11.2 Å². The van der Waals surface area contributed by atoms with Crippen LogP contribution >= 0.6 is 0 Å². The zero-order valence-corrected chi connectivity index (χ0v) is 14.2. The molecule has 0 bridgehead atoms. The summed E-state index contributed by atoms with van der Waals surface area (Å²) in [6.45, 7) is 5.96. The number of nitrogens with zero attached hydrogens (tertiary/aromatic N) is 4. The summed E-state index contributed by atoms with van der Waals surface area (Å²) in [7, 11) is 0. The van der Waals surface area contributed by atoms with Crippen LogP contribution in [0.1, 0.15) is 57.3 Å². The molecule has 3 heterocycles. The Balaban J connectivity index is 1.64. The van der Waals surface area contributed by atoms with Crippen LogP contribution in [0.3, 0.4) is 0 Å². The molecule has 23 heavy (non-hydrogen) atoms. The van der Waals surface area contributed by atoms with Crippen molar-refractivity contribution in [3.8, 4) is 0 Å². The normalized spacial score (nSPS) is 23.8. The Morgan fingerprint density at radius 2 is 2.04 bits per heavy atom. The van der Waals surface area contributed by atoms with Gasteiger partial charge in [0.1, 0.15) is 11.3 Å². The molecule has 2 aromatic rings. The molecular formula is C19H28N4. The zero-order valence-electron chi connectivity index (χ0n) is 14.2. The SMILES string of the molecule is CCN1CCCC(Cc2nc3cccnc3n2C2CCCC2)C1. The second-order valence-corrected chi connectivity index (χ2v) is 7.29. The molecule has 4 heteroatoms. The second kappa shape index (κ2) is 6.60. The van der Waals surface area contributed by atoms with Crippen molar-refractivity contribution in [2.24, 2.45) is 5.92 Å². The number of fused-ring (bicyclic) bond motifs is 1. The summed E-state index contributed by atoms with van der Waals surface area (Å²) in [6.07, 6.45) is 11.0. The first kappa shape index (κ1) is 15.1. The summed E-state index contributed by atoms with van der Waals surface area (Å²) < 4.78 is 2.49. The van der Waals surface area contributed by atoms with Gasteiger partial charge in [-0.3, -0.25) is 0 Å². The van der Waals surface area contributed by atoms with Crippen LogP contribution in [-0.2, 0) is 6.42 Å². The molecule has 2 fully saturated rings. The van der Waals surface area contributed by atoms with Gasteiger partial charge in [0, 0.05) is 25.2 Å². The van der Waals surface area contributed by atoms with Crippen LogP contribution in [-0.4, -0.2) is 39.1 Å². The number of piperidine rings is 1. The molecule has 0 spiro atoms. The largest absolute Gasteiger partial charge is 0.310 e. The lowest BCUT2D eigenvalue weighted by atomic mass is 9.94. The average Bonchev–Trinajstić information content (AvgIpc) is 3.21. The van der Waals surface area contributed by atoms with Gasteiger partial charge in [-0.2, -0.15) is 0 Å². The fourth-order valence-electron chi connectivity index (χ4n) is 4.53. The summed E-state index contributed by atoms with van der Waals surface area (Å²) in [5.41, 5.74) is 2.19. The van der Waals surface area contributed by atoms with Crippen LogP contribution in [0.2, 0.25) is 0 Å². The van der Waals surface area contributed by atoms with E-state index in [1.807, 2.05) is 12.3 Å². The molecule has 0 aromatic carbocycles. The molecule has 1 saturated heterocycles. The van der Waals surface area contributed by atoms with Crippen molar-refractivity contribution in [3.05, 3.63) is 24.2 Å². The zero-order chi connectivity index (χ0) is 15.6. The van der Waals surface area contributed by atoms with E-state index in [1.54, 1.807) is 0 Å². The maximum atomic E-state index is 4.98. The third-order valence-corrected chi connectivity index (χ3v) is 5.73. The molecular weight excluding hydrogens is 284 g/mol. The van der Waals surface area contributed by atoms with Crippen LogP contribution in [0.4, 0.5) is 0 Å². The standard InChI is InChI=1S/C19H28N4/c1-2-22-12-6-7-15(14-22)13-18-21-17-10-5-11-20-19(17)23(18)16-8-3-4-9-16/h5,10-11,15-16H,2-4,6-9,12-14H2,1H3. The molecule has 0 radical (unpaired) electrons. The van der Waals surface area contributed by atoms with Crippen LogP contribution in [0.25, 0.3) is 11.2 Å². The number of pyridine rings is 1. The van der Waals surface area contributed by atoms with Crippen molar-refractivity contribution in [3.63, 3.8) is 0 Å². The molecule has 124 valence electrons. The Morgan fingerprint density at radius 1 is 1.17 bits per heavy atom. The van der Waals surface area contributed by atoms with Gasteiger partial charge in [0.25, 0.3) is 0 Å². The van der Waals surface area contributed by atoms with E-state index < -0.39 is 0 Å². The average molecular weight is 312 g/mol. The van der Waals surface area contributed by atoms with Crippen molar-refractivity contribution in [2.75, 3.05) is 19.6 Å². The first-order valence-electron chi connectivity index (χ1n) is 9.39. The molecule has 1 atom stereocenters. The lowest BCUT2D eigenvalue weighted by Gasteiger charge is -2.32. The van der Waals surface area contributed by atoms with Crippen LogP contribution in [0, 0.1) is 5.92 Å². The van der Waals surface area contributed by atoms with E-state index in [9.17, 15) is 0 Å². The summed E-state index contributed by atoms with van der Waals surface area (Å²) in [4.78, 5) is 12.2. The third kappa shape index (κ3) is 3.01. The summed E-state index contributed by atoms with van der Waals surface area (Å²) in [6, 6.07) is 4.75. The van der Waals surface area contributed by atoms with E-state index in [-0.39, 0.29) is 0 Å². The van der Waals surface area contributed by atoms with E-state index >= 15 is 0 Å². The molecule has 0 amide bonds. The minimum absolute atomic E-state index is 0.621. The Bertz CT molecular complexity index is 656. The van der Waals surface area contributed by atoms with E-state index in [0.717, 1.165) is 23.5 Å². The van der Waals surface area contributed by atoms with Gasteiger partial charge in [-0.05, 0) is 56.8 Å². The molecule has 0 N–H and O–H groups in total. The molecule has 1 unspecified atom stereocenters. The maximum Gasteiger partial charge on any atom is 0.160 e. The van der Waals surface area contributed by atoms with Gasteiger partial charge in [0.05, 0.1) is 0 Å². The fraction of sp³-hybridized carbons (Fsp3) is 0.684. The van der Waals surface area contributed by atoms with Crippen molar-refractivity contribution in [2.45, 2.75) is 57.9 Å². The number of hydrogen-bond acceptors (Lipinski definition) is 3. The van der Waals surface area contributed by atoms with Gasteiger partial charge >= 0.3 is 0 Å². The lowest BCUT2D eigenvalue weighted by Crippen LogP contribution is -2.36. The molecule has 4 nitrogen and oxygen atoms in total. The highest BCUT2D eigenvalue weighted by atomic mass is 15.2. The summed E-state index contributed by atoms with van der Waals surface area (Å²) in [5.74, 6) is 2.04. The van der Waals surface area contributed by atoms with Gasteiger partial charge in [0.2, 0.25) is 0 Å². The van der Waals surface area contributed by atoms with Crippen LogP contribution in [0.15, 0.2) is 18.3 Å². The number of imidazole rings is 1. The topological polar surface area (TPSA) is 34.0 Å². The summed E-state index contributed by atoms with van der Waals surface area (Å²) in [5, 5.41) is 0. The monoisotopic (exact) mass is 312 g/mol. The van der Waals surface area contributed by atoms with E-state index in [4.69, 9.17) is 4.98 Å². The molecule has 1 aliphatic carbocycles. The molecule has 4 rings (SSSR count). The second-order valence-electron chi connectivity index (χ2n) is 7.29. The number of rotatable bonds is 4. The quantitative estimate of drug-likeness (QED) is 0.860. The molecule has 1 aliphatic heterocycles. The maximum absolute atomic E-state index is 4.98. The Hall–Kier alpha value is -1.42. The van der Waals surface area contributed by atoms with Crippen LogP contribution < -0.4 is 0 Å².